The number of fused-ring (bicyclic) bond motifs is 16. The highest BCUT2D eigenvalue weighted by atomic mass is 19.1. The van der Waals surface area contributed by atoms with Crippen molar-refractivity contribution < 1.29 is 90.5 Å². The summed E-state index contributed by atoms with van der Waals surface area (Å²) in [7, 11) is 7.63. The number of aliphatic hydroxyl groups excluding tert-OH is 1. The monoisotopic (exact) mass is 1610 g/mol. The summed E-state index contributed by atoms with van der Waals surface area (Å²) in [6.45, 7) is 6.11. The Balaban J connectivity index is 0.0000154. The van der Waals surface area contributed by atoms with Crippen molar-refractivity contribution in [3.8, 4) is 5.75 Å². The Morgan fingerprint density at radius 1 is 0.698 bits per heavy atom. The molecular formula is C87H116FN11O17. The number of Topliss-reactive ketones (excluding diaryl/α,β-unsaturated/α-hetero) is 3. The van der Waals surface area contributed by atoms with Gasteiger partial charge in [0.05, 0.1) is 78.5 Å². The van der Waals surface area contributed by atoms with Crippen LogP contribution >= 0.6 is 0 Å². The molecule has 116 heavy (non-hydrogen) atoms. The number of ketones is 3. The zero-order valence-corrected chi connectivity index (χ0v) is 68.2. The van der Waals surface area contributed by atoms with E-state index in [0.29, 0.717) is 95.1 Å². The summed E-state index contributed by atoms with van der Waals surface area (Å²) in [5.41, 5.74) is 3.00. The number of methoxy groups -OCH3 is 1. The first kappa shape index (κ1) is 89.9. The average molecular weight is 1610 g/mol. The number of aryl methyl sites for hydroxylation is 1. The van der Waals surface area contributed by atoms with Crippen molar-refractivity contribution in [1.82, 2.24) is 51.2 Å². The number of likely N-dealkylation sites (N-methyl/N-ethyl adjacent to an activating group) is 1. The quantitative estimate of drug-likeness (QED) is 0.0289. The topological polar surface area (TPSA) is 349 Å². The lowest BCUT2D eigenvalue weighted by Crippen LogP contribution is -2.62. The number of aromatic nitrogens is 1. The highest BCUT2D eigenvalue weighted by Gasteiger charge is 2.49. The van der Waals surface area contributed by atoms with Crippen molar-refractivity contribution in [3.63, 3.8) is 0 Å². The van der Waals surface area contributed by atoms with Crippen molar-refractivity contribution in [1.29, 1.82) is 0 Å². The van der Waals surface area contributed by atoms with E-state index in [4.69, 9.17) is 18.9 Å². The number of quaternary nitrogens is 1. The fourth-order valence-electron chi connectivity index (χ4n) is 15.6. The third-order valence-electron chi connectivity index (χ3n) is 22.3. The maximum absolute atomic E-state index is 16.3. The average Bonchev–Trinajstić information content (AvgIpc) is 1.62. The van der Waals surface area contributed by atoms with E-state index in [1.165, 1.54) is 42.9 Å². The molecule has 6 aliphatic heterocycles. The molecule has 628 valence electrons. The van der Waals surface area contributed by atoms with Crippen LogP contribution in [0.3, 0.4) is 0 Å². The van der Waals surface area contributed by atoms with Crippen molar-refractivity contribution >= 4 is 81.4 Å². The van der Waals surface area contributed by atoms with Crippen LogP contribution in [0.1, 0.15) is 138 Å². The van der Waals surface area contributed by atoms with E-state index in [9.17, 15) is 33.9 Å². The van der Waals surface area contributed by atoms with Gasteiger partial charge in [0.25, 0.3) is 0 Å². The molecule has 1 aromatic heterocycles. The molecule has 7 heterocycles. The van der Waals surface area contributed by atoms with Gasteiger partial charge in [-0.05, 0) is 149 Å². The van der Waals surface area contributed by atoms with E-state index >= 15 is 33.2 Å². The van der Waals surface area contributed by atoms with Gasteiger partial charge < -0.3 is 87.1 Å². The summed E-state index contributed by atoms with van der Waals surface area (Å²) in [6, 6.07) is 16.2. The van der Waals surface area contributed by atoms with Crippen LogP contribution in [-0.4, -0.2) is 241 Å². The fraction of sp³-hybridized carbons (Fsp3) is 0.529. The fourth-order valence-corrected chi connectivity index (χ4v) is 15.6. The van der Waals surface area contributed by atoms with Crippen LogP contribution < -0.4 is 36.6 Å². The molecule has 6 aliphatic rings. The lowest BCUT2D eigenvalue weighted by Gasteiger charge is -2.37. The Morgan fingerprint density at radius 3 is 2.17 bits per heavy atom. The molecule has 0 saturated carbocycles. The molecule has 0 radical (unpaired) electrons. The molecule has 0 aliphatic carbocycles. The minimum Gasteiger partial charge on any atom is -0.497 e. The smallest absolute Gasteiger partial charge is 0.246 e. The zero-order chi connectivity index (χ0) is 82.5. The van der Waals surface area contributed by atoms with Crippen LogP contribution in [0.4, 0.5) is 4.39 Å². The van der Waals surface area contributed by atoms with E-state index in [1.54, 1.807) is 72.6 Å². The largest absolute Gasteiger partial charge is 0.497 e. The van der Waals surface area contributed by atoms with Crippen molar-refractivity contribution in [2.24, 2.45) is 5.92 Å². The Morgan fingerprint density at radius 2 is 1.43 bits per heavy atom. The number of aliphatic hydroxyl groups is 1. The molecule has 2 fully saturated rings. The molecule has 9 amide bonds. The third-order valence-corrected chi connectivity index (χ3v) is 22.3. The van der Waals surface area contributed by atoms with Crippen LogP contribution in [0.2, 0.25) is 0 Å². The molecule has 12 bridgehead atoms. The Labute approximate surface area is 678 Å². The van der Waals surface area contributed by atoms with Gasteiger partial charge in [-0.15, -0.1) is 0 Å². The molecular weight excluding hydrogens is 1490 g/mol. The number of rotatable bonds is 16. The summed E-state index contributed by atoms with van der Waals surface area (Å²) >= 11 is 0. The van der Waals surface area contributed by atoms with Crippen molar-refractivity contribution in [2.75, 3.05) is 87.5 Å². The van der Waals surface area contributed by atoms with Gasteiger partial charge in [-0.3, -0.25) is 57.5 Å². The maximum Gasteiger partial charge on any atom is 0.246 e. The second-order valence-electron chi connectivity index (χ2n) is 32.2. The molecule has 5 aromatic rings. The van der Waals surface area contributed by atoms with E-state index < -0.39 is 132 Å². The predicted molar refractivity (Wildman–Crippen MR) is 431 cm³/mol. The second-order valence-corrected chi connectivity index (χ2v) is 32.2. The van der Waals surface area contributed by atoms with Crippen LogP contribution in [-0.2, 0) is 117 Å². The normalized spacial score (nSPS) is 24.4. The number of hydrogen-bond donors (Lipinski definition) is 7. The van der Waals surface area contributed by atoms with Gasteiger partial charge in [-0.25, -0.2) is 4.39 Å². The number of benzene rings is 4. The van der Waals surface area contributed by atoms with Crippen LogP contribution in [0.25, 0.3) is 10.9 Å². The molecule has 2 saturated heterocycles. The van der Waals surface area contributed by atoms with Gasteiger partial charge in [0.15, 0.2) is 11.6 Å². The van der Waals surface area contributed by atoms with E-state index in [1.807, 2.05) is 62.1 Å². The zero-order valence-electron chi connectivity index (χ0n) is 68.2. The van der Waals surface area contributed by atoms with E-state index in [-0.39, 0.29) is 142 Å². The van der Waals surface area contributed by atoms with Gasteiger partial charge in [-0.1, -0.05) is 72.8 Å². The predicted octanol–water partition coefficient (Wildman–Crippen LogP) is 5.21. The third kappa shape index (κ3) is 25.0. The minimum absolute atomic E-state index is 0. The van der Waals surface area contributed by atoms with Crippen LogP contribution in [0, 0.1) is 19.2 Å². The van der Waals surface area contributed by atoms with Gasteiger partial charge in [-0.2, -0.15) is 0 Å². The van der Waals surface area contributed by atoms with Gasteiger partial charge >= 0.3 is 0 Å². The number of amides is 9. The summed E-state index contributed by atoms with van der Waals surface area (Å²) in [5, 5.41) is 28.7. The Hall–Kier alpha value is -10.1. The molecule has 10 atom stereocenters. The first-order valence-corrected chi connectivity index (χ1v) is 40.2. The molecule has 4 aromatic carbocycles. The number of carbonyl (C=O) groups is 12. The van der Waals surface area contributed by atoms with Crippen LogP contribution in [0.15, 0.2) is 109 Å². The summed E-state index contributed by atoms with van der Waals surface area (Å²) in [6.07, 6.45) is 2.86. The maximum atomic E-state index is 16.3. The molecule has 29 heteroatoms. The van der Waals surface area contributed by atoms with Crippen LogP contribution in [0.5, 0.6) is 5.75 Å². The Bertz CT molecular complexity index is 4330. The number of ether oxygens (including phenoxy) is 4. The molecule has 11 rings (SSSR count). The minimum atomic E-state index is -1.84. The number of hydrogen-bond acceptors (Lipinski definition) is 17. The number of allylic oxidation sites excluding steroid dienone is 2. The number of nitrogens with one attached hydrogen (secondary N) is 6. The standard InChI is InChI=1S/C86H112FN11O17.CH3/c1-55-80(106)90-68(29-26-65(100)34-41-113-43-44-114-42-40-98(4,5)6)81(107)91-69-47-60-16-12-17-61(45-60)51-88-76(104)54-115-73-33-39-96-79(73)83(109)93-78(56(2)99)82(108)92-70(46-58-23-27-66(112-7)28-24-58)85(111)97-38-14-35-86(97,3)74(102)18-13-15-57-19-21-59(22-20-57)52-95(77(105)32-31-75(103)89-55)37-11-9-8-10-36-94-53-63(48-62(84(96)110)49-72(69)101)67-50-64(87)25-30-71(67)94;/h8,10,12,16-17,19-25,27-28,30,45,50,53,55-56,62,68-70,73,78-79,99H,9,11,13-15,18,26,29,31-44,46-49,51-52,54H2,1-7H3,(H5-,88,89,90,91,92,93,103,104,106,107,108,109);1H3/q;-1/p+1/t55-,56+,62+,68+,69-,70-,73-,78-,79-,86-;/m0./s1. The highest BCUT2D eigenvalue weighted by Crippen LogP contribution is 2.35. The number of nitrogens with zero attached hydrogens (tertiary/aromatic N) is 5. The lowest BCUT2D eigenvalue weighted by atomic mass is 9.88. The van der Waals surface area contributed by atoms with E-state index in [2.05, 4.69) is 31.9 Å². The lowest BCUT2D eigenvalue weighted by molar-refractivity contribution is -0.870. The van der Waals surface area contributed by atoms with E-state index in [0.717, 1.165) is 17.7 Å². The summed E-state index contributed by atoms with van der Waals surface area (Å²) < 4.78 is 41.6. The summed E-state index contributed by atoms with van der Waals surface area (Å²) in [4.78, 5) is 183. The molecule has 28 nitrogen and oxygen atoms in total. The van der Waals surface area contributed by atoms with Gasteiger partial charge in [0.2, 0.25) is 53.2 Å². The Kier molecular flexibility index (Phi) is 32.7. The molecule has 7 N–H and O–H groups in total. The molecule has 0 unspecified atom stereocenters. The van der Waals surface area contributed by atoms with Crippen molar-refractivity contribution in [3.05, 3.63) is 156 Å². The van der Waals surface area contributed by atoms with Gasteiger partial charge in [0, 0.05) is 107 Å². The SMILES string of the molecule is COc1ccc(C[C@@H]2NC(=O)[C@H]([C@@H](C)O)NC(=O)[C@@H]3[C@@H]4CCN3C(=O)[C@H]3CC(=O)[C@H](Cc5cccc(c5)CNC(=O)CO4)NC(=O)[C@@H](CCC(=O)CCOCCOCC[N+](C)(C)C)NC(=O)[C@H](C)NC(=O)CCC(=O)N(CCCC=CCn4cc(c5cc(F)ccc54)C3)Cc3ccc(cc3)CCCC(=O)[C@]3(C)CCCN3C2=O)cc1.[CH3-]. The highest BCUT2D eigenvalue weighted by molar-refractivity contribution is 6.00. The molecule has 0 spiro atoms. The first-order valence-electron chi connectivity index (χ1n) is 40.2. The summed E-state index contributed by atoms with van der Waals surface area (Å²) in [5.74, 6) is -9.59. The van der Waals surface area contributed by atoms with Gasteiger partial charge in [0.1, 0.15) is 60.7 Å². The number of carbonyl (C=O) groups excluding carboxylic acids is 12. The number of halogens is 1. The van der Waals surface area contributed by atoms with Crippen molar-refractivity contribution in [2.45, 2.75) is 204 Å². The second kappa shape index (κ2) is 42.2. The first-order chi connectivity index (χ1) is 55.0.